The molecule has 0 aliphatic rings. The number of hydrogen-bond acceptors (Lipinski definition) is 4. The number of ether oxygens (including phenoxy) is 1. The van der Waals surface area contributed by atoms with Crippen LogP contribution >= 0.6 is 15.9 Å². The molecular weight excluding hydrogens is 332 g/mol. The van der Waals surface area contributed by atoms with Crippen LogP contribution in [0.15, 0.2) is 22.7 Å². The average Bonchev–Trinajstić information content (AvgIpc) is 2.36. The fourth-order valence-electron chi connectivity index (χ4n) is 1.49. The molecule has 1 unspecified atom stereocenters. The van der Waals surface area contributed by atoms with E-state index in [-0.39, 0.29) is 11.3 Å². The largest absolute Gasteiger partial charge is 0.496 e. The zero-order valence-electron chi connectivity index (χ0n) is 10.6. The summed E-state index contributed by atoms with van der Waals surface area (Å²) in [6, 6.07) is 3.27. The van der Waals surface area contributed by atoms with Gasteiger partial charge >= 0.3 is 5.97 Å². The Morgan fingerprint density at radius 2 is 2.10 bits per heavy atom. The molecule has 0 saturated carbocycles. The van der Waals surface area contributed by atoms with Crippen molar-refractivity contribution in [3.05, 3.63) is 28.2 Å². The SMILES string of the molecule is COc1cc(Br)ccc1C(=O)NC(CC(N)=O)C(=O)O. The van der Waals surface area contributed by atoms with Crippen molar-refractivity contribution in [1.29, 1.82) is 0 Å². The van der Waals surface area contributed by atoms with E-state index >= 15 is 0 Å². The van der Waals surface area contributed by atoms with Gasteiger partial charge in [-0.1, -0.05) is 15.9 Å². The van der Waals surface area contributed by atoms with Crippen LogP contribution < -0.4 is 15.8 Å². The fourth-order valence-corrected chi connectivity index (χ4v) is 1.83. The minimum atomic E-state index is -1.38. The number of aliphatic carboxylic acids is 1. The molecule has 1 atom stereocenters. The maximum Gasteiger partial charge on any atom is 0.326 e. The van der Waals surface area contributed by atoms with E-state index in [1.807, 2.05) is 0 Å². The number of carboxylic acid groups (broad SMARTS) is 1. The molecule has 0 spiro atoms. The molecule has 1 aromatic carbocycles. The normalized spacial score (nSPS) is 11.5. The van der Waals surface area contributed by atoms with Gasteiger partial charge in [-0.15, -0.1) is 0 Å². The lowest BCUT2D eigenvalue weighted by Gasteiger charge is -2.14. The van der Waals surface area contributed by atoms with E-state index in [4.69, 9.17) is 15.6 Å². The highest BCUT2D eigenvalue weighted by Crippen LogP contribution is 2.23. The number of rotatable bonds is 6. The first-order valence-electron chi connectivity index (χ1n) is 5.50. The zero-order chi connectivity index (χ0) is 15.3. The first-order chi connectivity index (χ1) is 9.35. The number of nitrogens with two attached hydrogens (primary N) is 1. The summed E-state index contributed by atoms with van der Waals surface area (Å²) < 4.78 is 5.75. The second-order valence-electron chi connectivity index (χ2n) is 3.88. The van der Waals surface area contributed by atoms with Crippen molar-refractivity contribution in [1.82, 2.24) is 5.32 Å². The average molecular weight is 345 g/mol. The monoisotopic (exact) mass is 344 g/mol. The van der Waals surface area contributed by atoms with Crippen LogP contribution in [0.2, 0.25) is 0 Å². The number of benzene rings is 1. The van der Waals surface area contributed by atoms with Crippen molar-refractivity contribution < 1.29 is 24.2 Å². The zero-order valence-corrected chi connectivity index (χ0v) is 12.1. The number of halogens is 1. The fraction of sp³-hybridized carbons (Fsp3) is 0.250. The summed E-state index contributed by atoms with van der Waals surface area (Å²) in [6.07, 6.45) is -0.486. The molecule has 2 amide bonds. The van der Waals surface area contributed by atoms with Crippen molar-refractivity contribution in [2.24, 2.45) is 5.73 Å². The molecule has 4 N–H and O–H groups in total. The Balaban J connectivity index is 2.94. The van der Waals surface area contributed by atoms with Crippen molar-refractivity contribution in [2.75, 3.05) is 7.11 Å². The minimum absolute atomic E-state index is 0.159. The third kappa shape index (κ3) is 4.23. The maximum atomic E-state index is 12.0. The molecule has 1 rings (SSSR count). The van der Waals surface area contributed by atoms with Crippen LogP contribution in [-0.2, 0) is 9.59 Å². The number of carboxylic acids is 1. The molecule has 7 nitrogen and oxygen atoms in total. The molecule has 108 valence electrons. The van der Waals surface area contributed by atoms with E-state index < -0.39 is 30.2 Å². The quantitative estimate of drug-likeness (QED) is 0.694. The van der Waals surface area contributed by atoms with Crippen LogP contribution in [0.5, 0.6) is 5.75 Å². The lowest BCUT2D eigenvalue weighted by atomic mass is 10.1. The molecule has 0 aliphatic heterocycles. The maximum absolute atomic E-state index is 12.0. The predicted octanol–water partition coefficient (Wildman–Crippen LogP) is 0.516. The molecule has 0 aliphatic carbocycles. The lowest BCUT2D eigenvalue weighted by Crippen LogP contribution is -2.43. The minimum Gasteiger partial charge on any atom is -0.496 e. The molecule has 8 heteroatoms. The first-order valence-corrected chi connectivity index (χ1v) is 6.30. The van der Waals surface area contributed by atoms with Crippen LogP contribution in [0.3, 0.4) is 0 Å². The molecule has 1 aromatic rings. The van der Waals surface area contributed by atoms with E-state index in [0.29, 0.717) is 4.47 Å². The number of carbonyl (C=O) groups is 3. The highest BCUT2D eigenvalue weighted by atomic mass is 79.9. The molecule has 0 saturated heterocycles. The van der Waals surface area contributed by atoms with Gasteiger partial charge in [0.15, 0.2) is 0 Å². The van der Waals surface area contributed by atoms with Crippen LogP contribution in [0.25, 0.3) is 0 Å². The Hall–Kier alpha value is -2.09. The molecule has 0 radical (unpaired) electrons. The second-order valence-corrected chi connectivity index (χ2v) is 4.80. The van der Waals surface area contributed by atoms with Crippen molar-refractivity contribution in [3.8, 4) is 5.75 Å². The Kier molecular flexibility index (Phi) is 5.51. The standard InChI is InChI=1S/C12H13BrN2O5/c1-20-9-4-6(13)2-3-7(9)11(17)15-8(12(18)19)5-10(14)16/h2-4,8H,5H2,1H3,(H2,14,16)(H,15,17)(H,18,19). The van der Waals surface area contributed by atoms with Gasteiger partial charge in [0.1, 0.15) is 11.8 Å². The predicted molar refractivity (Wildman–Crippen MR) is 73.4 cm³/mol. The number of nitrogens with one attached hydrogen (secondary N) is 1. The molecule has 20 heavy (non-hydrogen) atoms. The topological polar surface area (TPSA) is 119 Å². The van der Waals surface area contributed by atoms with Gasteiger partial charge in [0.2, 0.25) is 5.91 Å². The summed E-state index contributed by atoms with van der Waals surface area (Å²) in [4.78, 5) is 33.7. The summed E-state index contributed by atoms with van der Waals surface area (Å²) in [7, 11) is 1.39. The van der Waals surface area contributed by atoms with Gasteiger partial charge in [0.25, 0.3) is 5.91 Å². The number of carbonyl (C=O) groups excluding carboxylic acids is 2. The van der Waals surface area contributed by atoms with E-state index in [9.17, 15) is 14.4 Å². The molecular formula is C12H13BrN2O5. The van der Waals surface area contributed by atoms with Crippen molar-refractivity contribution in [2.45, 2.75) is 12.5 Å². The van der Waals surface area contributed by atoms with Crippen molar-refractivity contribution >= 4 is 33.7 Å². The van der Waals surface area contributed by atoms with Gasteiger partial charge in [-0.05, 0) is 18.2 Å². The summed E-state index contributed by atoms with van der Waals surface area (Å²) in [6.45, 7) is 0. The van der Waals surface area contributed by atoms with E-state index in [0.717, 1.165) is 0 Å². The summed E-state index contributed by atoms with van der Waals surface area (Å²) in [5.74, 6) is -2.54. The van der Waals surface area contributed by atoms with Gasteiger partial charge < -0.3 is 20.9 Å². The molecule has 0 bridgehead atoms. The number of methoxy groups -OCH3 is 1. The third-order valence-electron chi connectivity index (χ3n) is 2.42. The number of amides is 2. The number of hydrogen-bond donors (Lipinski definition) is 3. The van der Waals surface area contributed by atoms with Crippen molar-refractivity contribution in [3.63, 3.8) is 0 Å². The van der Waals surface area contributed by atoms with Crippen LogP contribution in [0, 0.1) is 0 Å². The van der Waals surface area contributed by atoms with Crippen LogP contribution in [0.1, 0.15) is 16.8 Å². The van der Waals surface area contributed by atoms with Crippen LogP contribution in [0.4, 0.5) is 0 Å². The smallest absolute Gasteiger partial charge is 0.326 e. The Bertz CT molecular complexity index is 547. The Morgan fingerprint density at radius 1 is 1.45 bits per heavy atom. The lowest BCUT2D eigenvalue weighted by molar-refractivity contribution is -0.140. The molecule has 0 aromatic heterocycles. The first kappa shape index (κ1) is 16.0. The summed E-state index contributed by atoms with van der Waals surface area (Å²) in [5, 5.41) is 11.2. The van der Waals surface area contributed by atoms with Gasteiger partial charge in [-0.3, -0.25) is 9.59 Å². The summed E-state index contributed by atoms with van der Waals surface area (Å²) in [5.41, 5.74) is 5.10. The highest BCUT2D eigenvalue weighted by molar-refractivity contribution is 9.10. The van der Waals surface area contributed by atoms with E-state index in [1.165, 1.54) is 13.2 Å². The van der Waals surface area contributed by atoms with Gasteiger partial charge in [-0.25, -0.2) is 4.79 Å². The summed E-state index contributed by atoms with van der Waals surface area (Å²) >= 11 is 3.23. The van der Waals surface area contributed by atoms with Gasteiger partial charge in [0.05, 0.1) is 19.1 Å². The third-order valence-corrected chi connectivity index (χ3v) is 2.91. The highest BCUT2D eigenvalue weighted by Gasteiger charge is 2.24. The molecule has 0 heterocycles. The van der Waals surface area contributed by atoms with Gasteiger partial charge in [0, 0.05) is 4.47 Å². The van der Waals surface area contributed by atoms with Crippen LogP contribution in [-0.4, -0.2) is 36.0 Å². The van der Waals surface area contributed by atoms with E-state index in [1.54, 1.807) is 12.1 Å². The second kappa shape index (κ2) is 6.90. The Labute approximate surface area is 123 Å². The Morgan fingerprint density at radius 3 is 2.60 bits per heavy atom. The van der Waals surface area contributed by atoms with E-state index in [2.05, 4.69) is 21.2 Å². The number of primary amides is 1. The molecule has 0 fully saturated rings. The van der Waals surface area contributed by atoms with Gasteiger partial charge in [-0.2, -0.15) is 0 Å².